The number of hydrogen-bond acceptors (Lipinski definition) is 2. The number of aryl methyl sites for hydroxylation is 1. The lowest BCUT2D eigenvalue weighted by atomic mass is 10.0. The Bertz CT molecular complexity index is 751. The fraction of sp³-hybridized carbons (Fsp3) is 0.333. The van der Waals surface area contributed by atoms with Crippen molar-refractivity contribution in [1.82, 2.24) is 9.88 Å². The van der Waals surface area contributed by atoms with Gasteiger partial charge < -0.3 is 4.90 Å². The summed E-state index contributed by atoms with van der Waals surface area (Å²) in [4.78, 5) is 18.4. The number of nitrogens with one attached hydrogen (secondary N) is 1. The molecule has 1 aromatic heterocycles. The molecule has 0 radical (unpaired) electrons. The minimum atomic E-state index is -0.856. The van der Waals surface area contributed by atoms with Gasteiger partial charge in [0.25, 0.3) is 0 Å². The highest BCUT2D eigenvalue weighted by Crippen LogP contribution is 2.24. The number of pyridine rings is 1. The molecule has 4 nitrogen and oxygen atoms in total. The highest BCUT2D eigenvalue weighted by molar-refractivity contribution is 5.88. The second-order valence-electron chi connectivity index (χ2n) is 6.00. The normalized spacial score (nSPS) is 17.1. The first-order valence-corrected chi connectivity index (χ1v) is 7.99. The Kier molecular flexibility index (Phi) is 4.74. The molecule has 0 spiro atoms. The molecule has 0 aliphatic carbocycles. The molecule has 3 rings (SSSR count). The Morgan fingerprint density at radius 1 is 1.29 bits per heavy atom. The predicted octanol–water partition coefficient (Wildman–Crippen LogP) is 3.91. The minimum Gasteiger partial charge on any atom is -0.321 e. The summed E-state index contributed by atoms with van der Waals surface area (Å²) in [6.07, 6.45) is 1.92. The van der Waals surface area contributed by atoms with Crippen molar-refractivity contribution in [1.29, 1.82) is 0 Å². The number of anilines is 1. The Morgan fingerprint density at radius 2 is 2.08 bits per heavy atom. The monoisotopic (exact) mass is 331 g/mol. The molecule has 2 heterocycles. The van der Waals surface area contributed by atoms with E-state index in [0.717, 1.165) is 24.6 Å². The van der Waals surface area contributed by atoms with E-state index in [1.54, 1.807) is 17.0 Å². The van der Waals surface area contributed by atoms with Crippen LogP contribution < -0.4 is 5.32 Å². The van der Waals surface area contributed by atoms with Gasteiger partial charge in [-0.3, -0.25) is 5.32 Å². The molecule has 126 valence electrons. The molecule has 1 aliphatic rings. The number of urea groups is 1. The zero-order valence-corrected chi connectivity index (χ0v) is 13.4. The van der Waals surface area contributed by atoms with Gasteiger partial charge in [-0.2, -0.15) is 0 Å². The number of nitrogens with zero attached hydrogens (tertiary/aromatic N) is 2. The third-order valence-electron chi connectivity index (χ3n) is 4.25. The van der Waals surface area contributed by atoms with Crippen LogP contribution in [0.4, 0.5) is 19.4 Å². The van der Waals surface area contributed by atoms with Crippen molar-refractivity contribution in [2.45, 2.75) is 32.2 Å². The van der Waals surface area contributed by atoms with E-state index in [1.165, 1.54) is 6.07 Å². The first kappa shape index (κ1) is 16.4. The van der Waals surface area contributed by atoms with Crippen molar-refractivity contribution >= 4 is 11.8 Å². The lowest BCUT2D eigenvalue weighted by Gasteiger charge is -2.25. The maximum atomic E-state index is 13.9. The van der Waals surface area contributed by atoms with Crippen LogP contribution in [0.25, 0.3) is 0 Å². The van der Waals surface area contributed by atoms with Gasteiger partial charge in [-0.05, 0) is 49.9 Å². The van der Waals surface area contributed by atoms with E-state index in [9.17, 15) is 13.6 Å². The standard InChI is InChI=1S/C18H19F2N3O/c1-12-5-2-9-16(21-12)22-18(24)23-10-4-7-14(23)11-13-6-3-8-15(19)17(13)20/h2-3,5-6,8-9,14H,4,7,10-11H2,1H3,(H,21,22,24). The molecule has 2 amide bonds. The molecule has 1 aromatic carbocycles. The van der Waals surface area contributed by atoms with Crippen molar-refractivity contribution in [2.75, 3.05) is 11.9 Å². The van der Waals surface area contributed by atoms with Gasteiger partial charge in [-0.1, -0.05) is 18.2 Å². The quantitative estimate of drug-likeness (QED) is 0.927. The Labute approximate surface area is 139 Å². The average molecular weight is 331 g/mol. The van der Waals surface area contributed by atoms with Gasteiger partial charge in [0.15, 0.2) is 11.6 Å². The number of halogens is 2. The molecule has 0 bridgehead atoms. The predicted molar refractivity (Wildman–Crippen MR) is 87.8 cm³/mol. The Balaban J connectivity index is 1.71. The number of benzene rings is 1. The molecule has 2 aromatic rings. The van der Waals surface area contributed by atoms with Crippen LogP contribution in [0.5, 0.6) is 0 Å². The van der Waals surface area contributed by atoms with Crippen LogP contribution >= 0.6 is 0 Å². The molecular weight excluding hydrogens is 312 g/mol. The van der Waals surface area contributed by atoms with E-state index in [1.807, 2.05) is 19.1 Å². The van der Waals surface area contributed by atoms with Gasteiger partial charge >= 0.3 is 6.03 Å². The summed E-state index contributed by atoms with van der Waals surface area (Å²) < 4.78 is 27.2. The molecule has 1 atom stereocenters. The van der Waals surface area contributed by atoms with Gasteiger partial charge in [0.05, 0.1) is 0 Å². The van der Waals surface area contributed by atoms with E-state index in [4.69, 9.17) is 0 Å². The summed E-state index contributed by atoms with van der Waals surface area (Å²) in [7, 11) is 0. The molecule has 1 unspecified atom stereocenters. The number of amides is 2. The third kappa shape index (κ3) is 3.53. The van der Waals surface area contributed by atoms with Crippen molar-refractivity contribution in [2.24, 2.45) is 0 Å². The number of likely N-dealkylation sites (tertiary alicyclic amines) is 1. The lowest BCUT2D eigenvalue weighted by Crippen LogP contribution is -2.40. The topological polar surface area (TPSA) is 45.2 Å². The van der Waals surface area contributed by atoms with Gasteiger partial charge in [-0.25, -0.2) is 18.6 Å². The highest BCUT2D eigenvalue weighted by Gasteiger charge is 2.30. The fourth-order valence-corrected chi connectivity index (χ4v) is 3.07. The molecule has 1 fully saturated rings. The number of rotatable bonds is 3. The Morgan fingerprint density at radius 3 is 2.88 bits per heavy atom. The molecule has 1 aliphatic heterocycles. The maximum absolute atomic E-state index is 13.9. The van der Waals surface area contributed by atoms with Crippen molar-refractivity contribution in [3.05, 3.63) is 59.3 Å². The number of aromatic nitrogens is 1. The summed E-state index contributed by atoms with van der Waals surface area (Å²) in [5.74, 6) is -1.20. The number of hydrogen-bond donors (Lipinski definition) is 1. The average Bonchev–Trinajstić information content (AvgIpc) is 3.00. The first-order chi connectivity index (χ1) is 11.5. The van der Waals surface area contributed by atoms with E-state index < -0.39 is 11.6 Å². The van der Waals surface area contributed by atoms with Crippen molar-refractivity contribution in [3.8, 4) is 0 Å². The van der Waals surface area contributed by atoms with Crippen LogP contribution in [0.15, 0.2) is 36.4 Å². The van der Waals surface area contributed by atoms with E-state index in [-0.39, 0.29) is 12.1 Å². The summed E-state index contributed by atoms with van der Waals surface area (Å²) >= 11 is 0. The third-order valence-corrected chi connectivity index (χ3v) is 4.25. The molecule has 0 saturated carbocycles. The SMILES string of the molecule is Cc1cccc(NC(=O)N2CCCC2Cc2cccc(F)c2F)n1. The van der Waals surface area contributed by atoms with Crippen LogP contribution in [0.2, 0.25) is 0 Å². The molecule has 1 N–H and O–H groups in total. The van der Waals surface area contributed by atoms with E-state index >= 15 is 0 Å². The van der Waals surface area contributed by atoms with E-state index in [2.05, 4.69) is 10.3 Å². The molecule has 6 heteroatoms. The maximum Gasteiger partial charge on any atom is 0.323 e. The van der Waals surface area contributed by atoms with E-state index in [0.29, 0.717) is 24.3 Å². The van der Waals surface area contributed by atoms with Crippen LogP contribution in [0.1, 0.15) is 24.1 Å². The summed E-state index contributed by atoms with van der Waals surface area (Å²) in [6, 6.07) is 9.14. The summed E-state index contributed by atoms with van der Waals surface area (Å²) in [5, 5.41) is 2.77. The molecular formula is C18H19F2N3O. The van der Waals surface area contributed by atoms with Crippen LogP contribution in [-0.2, 0) is 6.42 Å². The number of carbonyl (C=O) groups excluding carboxylic acids is 1. The zero-order chi connectivity index (χ0) is 17.1. The fourth-order valence-electron chi connectivity index (χ4n) is 3.07. The van der Waals surface area contributed by atoms with Crippen molar-refractivity contribution in [3.63, 3.8) is 0 Å². The second kappa shape index (κ2) is 6.95. The van der Waals surface area contributed by atoms with Gasteiger partial charge in [0.2, 0.25) is 0 Å². The molecule has 24 heavy (non-hydrogen) atoms. The lowest BCUT2D eigenvalue weighted by molar-refractivity contribution is 0.206. The van der Waals surface area contributed by atoms with Crippen molar-refractivity contribution < 1.29 is 13.6 Å². The van der Waals surface area contributed by atoms with Crippen LogP contribution in [0.3, 0.4) is 0 Å². The zero-order valence-electron chi connectivity index (χ0n) is 13.4. The largest absolute Gasteiger partial charge is 0.323 e. The highest BCUT2D eigenvalue weighted by atomic mass is 19.2. The Hall–Kier alpha value is -2.50. The summed E-state index contributed by atoms with van der Waals surface area (Å²) in [5.41, 5.74) is 1.11. The summed E-state index contributed by atoms with van der Waals surface area (Å²) in [6.45, 7) is 2.44. The van der Waals surface area contributed by atoms with Gasteiger partial charge in [0.1, 0.15) is 5.82 Å². The van der Waals surface area contributed by atoms with Gasteiger partial charge in [0, 0.05) is 18.3 Å². The molecule has 1 saturated heterocycles. The van der Waals surface area contributed by atoms with Gasteiger partial charge in [-0.15, -0.1) is 0 Å². The van der Waals surface area contributed by atoms with Crippen LogP contribution in [-0.4, -0.2) is 28.5 Å². The minimum absolute atomic E-state index is 0.147. The first-order valence-electron chi connectivity index (χ1n) is 7.99. The second-order valence-corrected chi connectivity index (χ2v) is 6.00. The number of carbonyl (C=O) groups is 1. The van der Waals surface area contributed by atoms with Crippen LogP contribution in [0, 0.1) is 18.6 Å². The smallest absolute Gasteiger partial charge is 0.321 e.